The van der Waals surface area contributed by atoms with Crippen LogP contribution in [-0.4, -0.2) is 26.2 Å². The number of imidazole rings is 1. The van der Waals surface area contributed by atoms with E-state index in [0.717, 1.165) is 41.2 Å². The summed E-state index contributed by atoms with van der Waals surface area (Å²) in [7, 11) is 0. The molecule has 1 aromatic carbocycles. The molecule has 4 nitrogen and oxygen atoms in total. The molecule has 2 heterocycles. The third kappa shape index (κ3) is 3.17. The van der Waals surface area contributed by atoms with Crippen LogP contribution >= 0.6 is 0 Å². The van der Waals surface area contributed by atoms with Crippen LogP contribution in [0, 0.1) is 25.7 Å². The van der Waals surface area contributed by atoms with Crippen LogP contribution in [0.2, 0.25) is 0 Å². The Bertz CT molecular complexity index is 927. The van der Waals surface area contributed by atoms with Gasteiger partial charge >= 0.3 is 0 Å². The minimum Gasteiger partial charge on any atom is -0.384 e. The number of rotatable bonds is 3. The molecule has 3 rings (SSSR count). The average Bonchev–Trinajstić information content (AvgIpc) is 2.92. The molecule has 0 atom stereocenters. The molecule has 0 aliphatic heterocycles. The van der Waals surface area contributed by atoms with Gasteiger partial charge in [0.25, 0.3) is 0 Å². The molecular formula is C20H21N3O. The lowest BCUT2D eigenvalue weighted by atomic mass is 10.1. The van der Waals surface area contributed by atoms with Crippen LogP contribution in [0.25, 0.3) is 11.2 Å². The van der Waals surface area contributed by atoms with Crippen LogP contribution in [0.5, 0.6) is 0 Å². The van der Waals surface area contributed by atoms with Crippen LogP contribution in [0.1, 0.15) is 35.1 Å². The molecule has 0 fully saturated rings. The first kappa shape index (κ1) is 16.2. The van der Waals surface area contributed by atoms with Crippen molar-refractivity contribution in [2.75, 3.05) is 6.61 Å². The molecule has 0 unspecified atom stereocenters. The number of fused-ring (bicyclic) bond motifs is 1. The lowest BCUT2D eigenvalue weighted by molar-refractivity contribution is 0.350. The van der Waals surface area contributed by atoms with E-state index in [1.807, 2.05) is 19.1 Å². The summed E-state index contributed by atoms with van der Waals surface area (Å²) < 4.78 is 2.20. The number of aliphatic hydroxyl groups excluding tert-OH is 1. The minimum atomic E-state index is -0.118. The van der Waals surface area contributed by atoms with Crippen LogP contribution in [0.3, 0.4) is 0 Å². The molecule has 24 heavy (non-hydrogen) atoms. The van der Waals surface area contributed by atoms with Gasteiger partial charge in [0.05, 0.1) is 6.54 Å². The summed E-state index contributed by atoms with van der Waals surface area (Å²) in [5, 5.41) is 8.77. The van der Waals surface area contributed by atoms with Gasteiger partial charge in [-0.05, 0) is 43.2 Å². The van der Waals surface area contributed by atoms with Crippen molar-refractivity contribution in [2.24, 2.45) is 0 Å². The number of benzene rings is 1. The summed E-state index contributed by atoms with van der Waals surface area (Å²) in [6.45, 7) is 6.84. The molecule has 0 radical (unpaired) electrons. The molecule has 122 valence electrons. The predicted molar refractivity (Wildman–Crippen MR) is 95.9 cm³/mol. The number of pyridine rings is 1. The zero-order valence-electron chi connectivity index (χ0n) is 14.3. The zero-order valence-corrected chi connectivity index (χ0v) is 14.3. The summed E-state index contributed by atoms with van der Waals surface area (Å²) in [6.07, 6.45) is 0.870. The van der Waals surface area contributed by atoms with Crippen molar-refractivity contribution >= 4 is 11.2 Å². The molecule has 0 spiro atoms. The maximum atomic E-state index is 8.77. The number of hydrogen-bond acceptors (Lipinski definition) is 3. The molecule has 0 aliphatic carbocycles. The van der Waals surface area contributed by atoms with Crippen molar-refractivity contribution in [2.45, 2.75) is 33.7 Å². The summed E-state index contributed by atoms with van der Waals surface area (Å²) in [6, 6.07) is 10.2. The largest absolute Gasteiger partial charge is 0.384 e. The van der Waals surface area contributed by atoms with Crippen molar-refractivity contribution in [3.8, 4) is 11.8 Å². The number of nitrogens with zero attached hydrogens (tertiary/aromatic N) is 3. The first-order valence-electron chi connectivity index (χ1n) is 8.14. The molecule has 1 N–H and O–H groups in total. The lowest BCUT2D eigenvalue weighted by Crippen LogP contribution is -2.05. The Morgan fingerprint density at radius 2 is 1.88 bits per heavy atom. The van der Waals surface area contributed by atoms with Crippen molar-refractivity contribution in [1.82, 2.24) is 14.5 Å². The van der Waals surface area contributed by atoms with Gasteiger partial charge in [-0.15, -0.1) is 0 Å². The normalized spacial score (nSPS) is 10.7. The fourth-order valence-corrected chi connectivity index (χ4v) is 2.90. The van der Waals surface area contributed by atoms with E-state index in [1.54, 1.807) is 0 Å². The number of hydrogen-bond donors (Lipinski definition) is 1. The van der Waals surface area contributed by atoms with Crippen LogP contribution in [0.15, 0.2) is 30.3 Å². The van der Waals surface area contributed by atoms with E-state index in [1.165, 1.54) is 11.1 Å². The van der Waals surface area contributed by atoms with Crippen LogP contribution in [-0.2, 0) is 13.0 Å². The Morgan fingerprint density at radius 1 is 1.12 bits per heavy atom. The minimum absolute atomic E-state index is 0.118. The lowest BCUT2D eigenvalue weighted by Gasteiger charge is -2.08. The fourth-order valence-electron chi connectivity index (χ4n) is 2.90. The molecule has 2 aromatic heterocycles. The monoisotopic (exact) mass is 319 g/mol. The second kappa shape index (κ2) is 6.86. The van der Waals surface area contributed by atoms with Gasteiger partial charge in [-0.1, -0.05) is 30.9 Å². The highest BCUT2D eigenvalue weighted by Gasteiger charge is 2.13. The van der Waals surface area contributed by atoms with Gasteiger partial charge in [0.15, 0.2) is 5.65 Å². The van der Waals surface area contributed by atoms with Gasteiger partial charge in [-0.3, -0.25) is 0 Å². The van der Waals surface area contributed by atoms with Crippen molar-refractivity contribution < 1.29 is 5.11 Å². The summed E-state index contributed by atoms with van der Waals surface area (Å²) in [5.41, 5.74) is 6.21. The van der Waals surface area contributed by atoms with E-state index in [4.69, 9.17) is 15.1 Å². The van der Waals surface area contributed by atoms with Gasteiger partial charge in [-0.25, -0.2) is 9.97 Å². The summed E-state index contributed by atoms with van der Waals surface area (Å²) >= 11 is 0. The van der Waals surface area contributed by atoms with E-state index >= 15 is 0 Å². The Labute approximate surface area is 142 Å². The first-order valence-corrected chi connectivity index (χ1v) is 8.14. The van der Waals surface area contributed by atoms with E-state index < -0.39 is 0 Å². The summed E-state index contributed by atoms with van der Waals surface area (Å²) in [5.74, 6) is 6.63. The Balaban J connectivity index is 2.00. The predicted octanol–water partition coefficient (Wildman–Crippen LogP) is 3.00. The fraction of sp³-hybridized carbons (Fsp3) is 0.300. The van der Waals surface area contributed by atoms with Gasteiger partial charge < -0.3 is 9.67 Å². The molecule has 4 heteroatoms. The number of aryl methyl sites for hydroxylation is 3. The van der Waals surface area contributed by atoms with Crippen molar-refractivity contribution in [1.29, 1.82) is 0 Å². The SMILES string of the molecule is CCc1nc2c(C)cc(C)nc2n1Cc1ccc(C#CCO)cc1. The van der Waals surface area contributed by atoms with Gasteiger partial charge in [0.1, 0.15) is 17.9 Å². The van der Waals surface area contributed by atoms with E-state index in [-0.39, 0.29) is 6.61 Å². The maximum Gasteiger partial charge on any atom is 0.160 e. The first-order chi connectivity index (χ1) is 11.6. The topological polar surface area (TPSA) is 50.9 Å². The van der Waals surface area contributed by atoms with Gasteiger partial charge in [-0.2, -0.15) is 0 Å². The molecule has 3 aromatic rings. The second-order valence-corrected chi connectivity index (χ2v) is 5.88. The highest BCUT2D eigenvalue weighted by molar-refractivity contribution is 5.76. The average molecular weight is 319 g/mol. The third-order valence-corrected chi connectivity index (χ3v) is 4.02. The van der Waals surface area contributed by atoms with E-state index in [2.05, 4.69) is 48.5 Å². The Morgan fingerprint density at radius 3 is 2.54 bits per heavy atom. The van der Waals surface area contributed by atoms with E-state index in [9.17, 15) is 0 Å². The molecule has 0 bridgehead atoms. The zero-order chi connectivity index (χ0) is 17.1. The third-order valence-electron chi connectivity index (χ3n) is 4.02. The molecule has 0 saturated carbocycles. The van der Waals surface area contributed by atoms with Crippen molar-refractivity contribution in [3.05, 3.63) is 58.5 Å². The van der Waals surface area contributed by atoms with Gasteiger partial charge in [0, 0.05) is 17.7 Å². The molecular weight excluding hydrogens is 298 g/mol. The second-order valence-electron chi connectivity index (χ2n) is 5.88. The van der Waals surface area contributed by atoms with Crippen molar-refractivity contribution in [3.63, 3.8) is 0 Å². The summed E-state index contributed by atoms with van der Waals surface area (Å²) in [4.78, 5) is 9.49. The Hall–Kier alpha value is -2.64. The highest BCUT2D eigenvalue weighted by atomic mass is 16.2. The Kier molecular flexibility index (Phi) is 4.64. The molecule has 0 aliphatic rings. The van der Waals surface area contributed by atoms with Crippen LogP contribution in [0.4, 0.5) is 0 Å². The smallest absolute Gasteiger partial charge is 0.160 e. The highest BCUT2D eigenvalue weighted by Crippen LogP contribution is 2.21. The van der Waals surface area contributed by atoms with E-state index in [0.29, 0.717) is 0 Å². The maximum absolute atomic E-state index is 8.77. The quantitative estimate of drug-likeness (QED) is 0.755. The van der Waals surface area contributed by atoms with Gasteiger partial charge in [0.2, 0.25) is 0 Å². The number of aliphatic hydroxyl groups is 1. The molecule has 0 saturated heterocycles. The van der Waals surface area contributed by atoms with Crippen LogP contribution < -0.4 is 0 Å². The number of aromatic nitrogens is 3. The standard InChI is InChI=1S/C20H21N3O/c1-4-18-22-19-14(2)12-15(3)21-20(19)23(18)13-17-9-7-16(8-10-17)6-5-11-24/h7-10,12,24H,4,11,13H2,1-3H3. The molecule has 0 amide bonds.